The highest BCUT2D eigenvalue weighted by Gasteiger charge is 2.33. The van der Waals surface area contributed by atoms with Crippen molar-refractivity contribution < 1.29 is 27.7 Å². The molecule has 5 nitrogen and oxygen atoms in total. The van der Waals surface area contributed by atoms with Gasteiger partial charge in [-0.2, -0.15) is 13.2 Å². The number of alkyl halides is 3. The Labute approximate surface area is 138 Å². The van der Waals surface area contributed by atoms with E-state index in [9.17, 15) is 22.8 Å². The fourth-order valence-electron chi connectivity index (χ4n) is 2.05. The Morgan fingerprint density at radius 2 is 1.83 bits per heavy atom. The largest absolute Gasteiger partial charge is 0.418 e. The van der Waals surface area contributed by atoms with Crippen molar-refractivity contribution in [2.75, 3.05) is 31.5 Å². The summed E-state index contributed by atoms with van der Waals surface area (Å²) in [5.41, 5.74) is -1.19. The normalized spacial score (nSPS) is 12.3. The van der Waals surface area contributed by atoms with Gasteiger partial charge in [-0.1, -0.05) is 18.2 Å². The van der Waals surface area contributed by atoms with Crippen LogP contribution in [-0.4, -0.2) is 38.0 Å². The van der Waals surface area contributed by atoms with Crippen LogP contribution in [0.15, 0.2) is 36.9 Å². The average Bonchev–Trinajstić information content (AvgIpc) is 2.51. The minimum Gasteiger partial charge on any atom is -0.348 e. The molecule has 1 aromatic rings. The number of quaternary nitrogens is 1. The van der Waals surface area contributed by atoms with Gasteiger partial charge in [0, 0.05) is 6.54 Å². The smallest absolute Gasteiger partial charge is 0.348 e. The van der Waals surface area contributed by atoms with Gasteiger partial charge >= 0.3 is 6.18 Å². The predicted octanol–water partition coefficient (Wildman–Crippen LogP) is 0.851. The minimum atomic E-state index is -4.55. The molecule has 0 bridgehead atoms. The zero-order valence-electron chi connectivity index (χ0n) is 13.4. The van der Waals surface area contributed by atoms with Gasteiger partial charge < -0.3 is 15.5 Å². The maximum atomic E-state index is 12.9. The summed E-state index contributed by atoms with van der Waals surface area (Å²) in [6.45, 7) is 6.01. The third kappa shape index (κ3) is 6.41. The molecule has 1 unspecified atom stereocenters. The lowest BCUT2D eigenvalue weighted by Gasteiger charge is -2.18. The first-order chi connectivity index (χ1) is 11.3. The average molecular weight is 344 g/mol. The van der Waals surface area contributed by atoms with Crippen LogP contribution in [0.5, 0.6) is 0 Å². The zero-order chi connectivity index (χ0) is 18.2. The monoisotopic (exact) mass is 344 g/mol. The van der Waals surface area contributed by atoms with Crippen molar-refractivity contribution >= 4 is 17.5 Å². The summed E-state index contributed by atoms with van der Waals surface area (Å²) >= 11 is 0. The van der Waals surface area contributed by atoms with Gasteiger partial charge in [-0.05, 0) is 19.1 Å². The van der Waals surface area contributed by atoms with Crippen LogP contribution in [-0.2, 0) is 15.8 Å². The molecule has 1 atom stereocenters. The highest BCUT2D eigenvalue weighted by molar-refractivity contribution is 5.92. The number of carbonyl (C=O) groups excluding carboxylic acids is 2. The number of carbonyl (C=O) groups is 2. The van der Waals surface area contributed by atoms with Gasteiger partial charge in [0.05, 0.1) is 17.8 Å². The maximum absolute atomic E-state index is 12.9. The summed E-state index contributed by atoms with van der Waals surface area (Å²) in [6.07, 6.45) is -3.02. The number of benzene rings is 1. The highest BCUT2D eigenvalue weighted by atomic mass is 19.4. The number of rotatable bonds is 8. The molecule has 132 valence electrons. The van der Waals surface area contributed by atoms with E-state index in [1.165, 1.54) is 24.3 Å². The molecule has 3 N–H and O–H groups in total. The van der Waals surface area contributed by atoms with Crippen LogP contribution in [0.3, 0.4) is 0 Å². The number of likely N-dealkylation sites (N-methyl/N-ethyl adjacent to an activating group) is 1. The SMILES string of the molecule is C=CCNC(=O)C[NH+](CC)CC(=O)Nc1ccccc1C(F)(F)F. The Bertz CT molecular complexity index is 588. The van der Waals surface area contributed by atoms with Crippen LogP contribution in [0.25, 0.3) is 0 Å². The molecular formula is C16H21F3N3O2+. The van der Waals surface area contributed by atoms with Gasteiger partial charge in [-0.15, -0.1) is 6.58 Å². The summed E-state index contributed by atoms with van der Waals surface area (Å²) in [7, 11) is 0. The molecule has 0 aliphatic rings. The molecule has 0 aromatic heterocycles. The molecule has 1 aromatic carbocycles. The second-order valence-electron chi connectivity index (χ2n) is 5.14. The van der Waals surface area contributed by atoms with Crippen LogP contribution in [0.2, 0.25) is 0 Å². The predicted molar refractivity (Wildman–Crippen MR) is 84.5 cm³/mol. The molecular weight excluding hydrogens is 323 g/mol. The summed E-state index contributed by atoms with van der Waals surface area (Å²) < 4.78 is 38.7. The maximum Gasteiger partial charge on any atom is 0.418 e. The topological polar surface area (TPSA) is 62.6 Å². The molecule has 0 aliphatic carbocycles. The highest BCUT2D eigenvalue weighted by Crippen LogP contribution is 2.34. The van der Waals surface area contributed by atoms with Crippen molar-refractivity contribution in [3.63, 3.8) is 0 Å². The molecule has 8 heteroatoms. The Morgan fingerprint density at radius 3 is 2.42 bits per heavy atom. The van der Waals surface area contributed by atoms with E-state index in [0.29, 0.717) is 18.0 Å². The first-order valence-corrected chi connectivity index (χ1v) is 7.45. The lowest BCUT2D eigenvalue weighted by atomic mass is 10.1. The van der Waals surface area contributed by atoms with E-state index < -0.39 is 17.6 Å². The van der Waals surface area contributed by atoms with Crippen molar-refractivity contribution in [3.05, 3.63) is 42.5 Å². The Balaban J connectivity index is 2.68. The van der Waals surface area contributed by atoms with E-state index in [1.54, 1.807) is 6.92 Å². The number of nitrogens with one attached hydrogen (secondary N) is 3. The van der Waals surface area contributed by atoms with Crippen molar-refractivity contribution in [1.29, 1.82) is 0 Å². The molecule has 0 fully saturated rings. The van der Waals surface area contributed by atoms with E-state index in [4.69, 9.17) is 0 Å². The quantitative estimate of drug-likeness (QED) is 0.613. The van der Waals surface area contributed by atoms with E-state index >= 15 is 0 Å². The lowest BCUT2D eigenvalue weighted by molar-refractivity contribution is -0.881. The minimum absolute atomic E-state index is 0.0542. The summed E-state index contributed by atoms with van der Waals surface area (Å²) in [4.78, 5) is 24.3. The molecule has 0 saturated carbocycles. The third-order valence-electron chi connectivity index (χ3n) is 3.27. The zero-order valence-corrected chi connectivity index (χ0v) is 13.4. The fraction of sp³-hybridized carbons (Fsp3) is 0.375. The number of anilines is 1. The van der Waals surface area contributed by atoms with Crippen LogP contribution in [0, 0.1) is 0 Å². The number of hydrogen-bond acceptors (Lipinski definition) is 2. The molecule has 0 radical (unpaired) electrons. The molecule has 2 amide bonds. The Morgan fingerprint density at radius 1 is 1.21 bits per heavy atom. The molecule has 0 aliphatic heterocycles. The molecule has 0 heterocycles. The van der Waals surface area contributed by atoms with Gasteiger partial charge in [-0.3, -0.25) is 9.59 Å². The van der Waals surface area contributed by atoms with E-state index in [2.05, 4.69) is 17.2 Å². The van der Waals surface area contributed by atoms with Crippen molar-refractivity contribution in [1.82, 2.24) is 5.32 Å². The molecule has 0 spiro atoms. The van der Waals surface area contributed by atoms with Gasteiger partial charge in [-0.25, -0.2) is 0 Å². The first kappa shape index (κ1) is 19.7. The van der Waals surface area contributed by atoms with Crippen molar-refractivity contribution in [2.45, 2.75) is 13.1 Å². The van der Waals surface area contributed by atoms with Crippen molar-refractivity contribution in [3.8, 4) is 0 Å². The fourth-order valence-corrected chi connectivity index (χ4v) is 2.05. The standard InChI is InChI=1S/C16H20F3N3O2/c1-3-9-20-14(23)10-22(4-2)11-15(24)21-13-8-6-5-7-12(13)16(17,18)19/h3,5-8H,1,4,9-11H2,2H3,(H,20,23)(H,21,24)/p+1. The number of amides is 2. The van der Waals surface area contributed by atoms with Crippen LogP contribution < -0.4 is 15.5 Å². The van der Waals surface area contributed by atoms with Gasteiger partial charge in [0.2, 0.25) is 0 Å². The van der Waals surface area contributed by atoms with Gasteiger partial charge in [0.15, 0.2) is 13.1 Å². The van der Waals surface area contributed by atoms with Crippen LogP contribution >= 0.6 is 0 Å². The van der Waals surface area contributed by atoms with E-state index in [1.807, 2.05) is 0 Å². The number of halogens is 3. The molecule has 1 rings (SSSR count). The van der Waals surface area contributed by atoms with Crippen LogP contribution in [0.1, 0.15) is 12.5 Å². The Kier molecular flexibility index (Phi) is 7.44. The van der Waals surface area contributed by atoms with E-state index in [0.717, 1.165) is 6.07 Å². The summed E-state index contributed by atoms with van der Waals surface area (Å²) in [5, 5.41) is 4.86. The lowest BCUT2D eigenvalue weighted by Crippen LogP contribution is -3.14. The first-order valence-electron chi connectivity index (χ1n) is 7.45. The van der Waals surface area contributed by atoms with Gasteiger partial charge in [0.25, 0.3) is 11.8 Å². The van der Waals surface area contributed by atoms with E-state index in [-0.39, 0.29) is 24.7 Å². The summed E-state index contributed by atoms with van der Waals surface area (Å²) in [5.74, 6) is -0.838. The number of para-hydroxylation sites is 1. The third-order valence-corrected chi connectivity index (χ3v) is 3.27. The summed E-state index contributed by atoms with van der Waals surface area (Å²) in [6, 6.07) is 4.77. The van der Waals surface area contributed by atoms with Gasteiger partial charge in [0.1, 0.15) is 0 Å². The second-order valence-corrected chi connectivity index (χ2v) is 5.14. The van der Waals surface area contributed by atoms with Crippen LogP contribution in [0.4, 0.5) is 18.9 Å². The molecule has 24 heavy (non-hydrogen) atoms. The number of hydrogen-bond donors (Lipinski definition) is 3. The second kappa shape index (κ2) is 9.07. The Hall–Kier alpha value is -2.35. The van der Waals surface area contributed by atoms with Crippen molar-refractivity contribution in [2.24, 2.45) is 0 Å². The molecule has 0 saturated heterocycles.